The lowest BCUT2D eigenvalue weighted by Crippen LogP contribution is -2.60. The molecule has 2 aliphatic heterocycles. The van der Waals surface area contributed by atoms with Gasteiger partial charge in [0, 0.05) is 32.2 Å². The Morgan fingerprint density at radius 1 is 1.20 bits per heavy atom. The monoisotopic (exact) mass is 366 g/mol. The van der Waals surface area contributed by atoms with Gasteiger partial charge in [0.25, 0.3) is 5.91 Å². The average molecular weight is 366 g/mol. The van der Waals surface area contributed by atoms with Gasteiger partial charge in [0.1, 0.15) is 5.75 Å². The molecule has 3 rings (SSSR count). The van der Waals surface area contributed by atoms with E-state index in [9.17, 15) is 13.2 Å². The van der Waals surface area contributed by atoms with Crippen LogP contribution < -0.4 is 4.74 Å². The zero-order valence-electron chi connectivity index (χ0n) is 14.8. The number of sulfone groups is 1. The Morgan fingerprint density at radius 3 is 2.60 bits per heavy atom. The molecule has 0 saturated carbocycles. The maximum atomic E-state index is 12.4. The van der Waals surface area contributed by atoms with E-state index < -0.39 is 9.84 Å². The van der Waals surface area contributed by atoms with Gasteiger partial charge in [-0.2, -0.15) is 0 Å². The molecule has 0 spiro atoms. The number of carbonyl (C=O) groups is 1. The third-order valence-electron chi connectivity index (χ3n) is 5.00. The van der Waals surface area contributed by atoms with Crippen LogP contribution in [-0.4, -0.2) is 74.5 Å². The van der Waals surface area contributed by atoms with Gasteiger partial charge in [-0.05, 0) is 23.6 Å². The van der Waals surface area contributed by atoms with Crippen molar-refractivity contribution in [3.63, 3.8) is 0 Å². The van der Waals surface area contributed by atoms with Gasteiger partial charge >= 0.3 is 0 Å². The molecule has 0 aliphatic carbocycles. The number of benzene rings is 1. The van der Waals surface area contributed by atoms with Crippen molar-refractivity contribution >= 4 is 15.7 Å². The molecule has 1 atom stereocenters. The Hall–Kier alpha value is -1.60. The highest BCUT2D eigenvalue weighted by atomic mass is 32.2. The van der Waals surface area contributed by atoms with Gasteiger partial charge in [-0.3, -0.25) is 9.69 Å². The first-order valence-electron chi connectivity index (χ1n) is 8.79. The van der Waals surface area contributed by atoms with Gasteiger partial charge in [0.2, 0.25) is 0 Å². The number of piperazine rings is 1. The zero-order valence-corrected chi connectivity index (χ0v) is 15.7. The minimum atomic E-state index is -2.98. The van der Waals surface area contributed by atoms with Gasteiger partial charge in [0.05, 0.1) is 11.5 Å². The molecule has 7 heteroatoms. The number of hydrogen-bond donors (Lipinski definition) is 0. The number of carbonyl (C=O) groups excluding carboxylic acids is 1. The Labute approximate surface area is 149 Å². The Kier molecular flexibility index (Phi) is 5.34. The number of hydrogen-bond acceptors (Lipinski definition) is 5. The molecular weight excluding hydrogens is 340 g/mol. The van der Waals surface area contributed by atoms with Crippen molar-refractivity contribution < 1.29 is 17.9 Å². The van der Waals surface area contributed by atoms with Gasteiger partial charge in [-0.25, -0.2) is 8.42 Å². The summed E-state index contributed by atoms with van der Waals surface area (Å²) in [6.07, 6.45) is 0. The van der Waals surface area contributed by atoms with Crippen LogP contribution in [0.25, 0.3) is 0 Å². The molecule has 2 fully saturated rings. The van der Waals surface area contributed by atoms with Gasteiger partial charge in [0.15, 0.2) is 16.4 Å². The van der Waals surface area contributed by atoms with E-state index >= 15 is 0 Å². The maximum absolute atomic E-state index is 12.4. The number of rotatable bonds is 4. The molecule has 138 valence electrons. The molecule has 2 saturated heterocycles. The van der Waals surface area contributed by atoms with Crippen molar-refractivity contribution in [1.29, 1.82) is 0 Å². The summed E-state index contributed by atoms with van der Waals surface area (Å²) >= 11 is 0. The topological polar surface area (TPSA) is 66.9 Å². The lowest BCUT2D eigenvalue weighted by Gasteiger charge is -2.43. The summed E-state index contributed by atoms with van der Waals surface area (Å²) in [5.41, 5.74) is 1.23. The summed E-state index contributed by atoms with van der Waals surface area (Å²) in [6, 6.07) is 7.70. The van der Waals surface area contributed by atoms with Crippen molar-refractivity contribution in [2.24, 2.45) is 0 Å². The molecule has 0 bridgehead atoms. The van der Waals surface area contributed by atoms with Crippen LogP contribution in [0, 0.1) is 0 Å². The molecule has 1 amide bonds. The number of fused-ring (bicyclic) bond motifs is 1. The average Bonchev–Trinajstić information content (AvgIpc) is 2.58. The fraction of sp³-hybridized carbons (Fsp3) is 0.611. The van der Waals surface area contributed by atoms with Crippen molar-refractivity contribution in [2.45, 2.75) is 25.8 Å². The predicted molar refractivity (Wildman–Crippen MR) is 96.6 cm³/mol. The lowest BCUT2D eigenvalue weighted by molar-refractivity contribution is -0.136. The molecule has 2 heterocycles. The normalized spacial score (nSPS) is 23.3. The Balaban J connectivity index is 1.53. The van der Waals surface area contributed by atoms with E-state index in [1.54, 1.807) is 4.90 Å². The van der Waals surface area contributed by atoms with E-state index in [0.717, 1.165) is 6.54 Å². The van der Waals surface area contributed by atoms with Gasteiger partial charge in [-0.1, -0.05) is 26.0 Å². The summed E-state index contributed by atoms with van der Waals surface area (Å²) in [4.78, 5) is 16.3. The lowest BCUT2D eigenvalue weighted by atomic mass is 10.0. The predicted octanol–water partition coefficient (Wildman–Crippen LogP) is 1.13. The van der Waals surface area contributed by atoms with Crippen molar-refractivity contribution in [3.05, 3.63) is 29.8 Å². The van der Waals surface area contributed by atoms with Crippen LogP contribution in [0.1, 0.15) is 25.3 Å². The Bertz CT molecular complexity index is 715. The molecule has 2 aliphatic rings. The fourth-order valence-electron chi connectivity index (χ4n) is 3.39. The second kappa shape index (κ2) is 7.33. The first-order chi connectivity index (χ1) is 11.8. The van der Waals surface area contributed by atoms with E-state index in [4.69, 9.17) is 4.74 Å². The molecule has 0 radical (unpaired) electrons. The summed E-state index contributed by atoms with van der Waals surface area (Å²) in [7, 11) is -2.98. The van der Waals surface area contributed by atoms with Crippen molar-refractivity contribution in [2.75, 3.05) is 44.3 Å². The second-order valence-corrected chi connectivity index (χ2v) is 9.39. The quantitative estimate of drug-likeness (QED) is 0.799. The molecule has 6 nitrogen and oxygen atoms in total. The Morgan fingerprint density at radius 2 is 1.92 bits per heavy atom. The number of amides is 1. The molecule has 25 heavy (non-hydrogen) atoms. The van der Waals surface area contributed by atoms with Crippen LogP contribution in [-0.2, 0) is 14.6 Å². The largest absolute Gasteiger partial charge is 0.484 e. The van der Waals surface area contributed by atoms with E-state index in [1.807, 2.05) is 24.3 Å². The number of ether oxygens (including phenoxy) is 1. The molecule has 1 aromatic rings. The first kappa shape index (κ1) is 18.2. The zero-order chi connectivity index (χ0) is 18.0. The molecule has 1 unspecified atom stereocenters. The van der Waals surface area contributed by atoms with Crippen molar-refractivity contribution in [3.8, 4) is 5.75 Å². The van der Waals surface area contributed by atoms with Crippen LogP contribution in [0.4, 0.5) is 0 Å². The highest BCUT2D eigenvalue weighted by Gasteiger charge is 2.36. The fourth-order valence-corrected chi connectivity index (χ4v) is 4.97. The molecule has 1 aromatic carbocycles. The highest BCUT2D eigenvalue weighted by molar-refractivity contribution is 7.91. The van der Waals surface area contributed by atoms with Crippen molar-refractivity contribution in [1.82, 2.24) is 9.80 Å². The highest BCUT2D eigenvalue weighted by Crippen LogP contribution is 2.20. The summed E-state index contributed by atoms with van der Waals surface area (Å²) < 4.78 is 29.2. The molecule has 0 N–H and O–H groups in total. The maximum Gasteiger partial charge on any atom is 0.260 e. The third-order valence-corrected chi connectivity index (χ3v) is 6.70. The van der Waals surface area contributed by atoms with Gasteiger partial charge in [-0.15, -0.1) is 0 Å². The smallest absolute Gasteiger partial charge is 0.260 e. The van der Waals surface area contributed by atoms with E-state index in [-0.39, 0.29) is 30.1 Å². The van der Waals surface area contributed by atoms with Gasteiger partial charge < -0.3 is 9.64 Å². The molecular formula is C18H26N2O4S. The standard InChI is InChI=1S/C18H26N2O4S/c1-14(2)15-3-5-17(6-4-15)24-12-18(21)20-8-7-19-9-10-25(22,23)13-16(19)11-20/h3-6,14,16H,7-13H2,1-2H3. The van der Waals surface area contributed by atoms with Crippen LogP contribution >= 0.6 is 0 Å². The minimum Gasteiger partial charge on any atom is -0.484 e. The van der Waals surface area contributed by atoms with Crippen LogP contribution in [0.3, 0.4) is 0 Å². The van der Waals surface area contributed by atoms with E-state index in [1.165, 1.54) is 5.56 Å². The van der Waals surface area contributed by atoms with E-state index in [0.29, 0.717) is 31.3 Å². The van der Waals surface area contributed by atoms with Crippen LogP contribution in [0.15, 0.2) is 24.3 Å². The van der Waals surface area contributed by atoms with E-state index in [2.05, 4.69) is 18.7 Å². The number of nitrogens with zero attached hydrogens (tertiary/aromatic N) is 2. The summed E-state index contributed by atoms with van der Waals surface area (Å²) in [6.45, 7) is 6.65. The third kappa shape index (κ3) is 4.52. The summed E-state index contributed by atoms with van der Waals surface area (Å²) in [5.74, 6) is 1.42. The molecule has 0 aromatic heterocycles. The van der Waals surface area contributed by atoms with Crippen LogP contribution in [0.5, 0.6) is 5.75 Å². The SMILES string of the molecule is CC(C)c1ccc(OCC(=O)N2CCN3CCS(=O)(=O)CC3C2)cc1. The second-order valence-electron chi connectivity index (χ2n) is 7.16. The minimum absolute atomic E-state index is 0.0134. The van der Waals surface area contributed by atoms with Crippen LogP contribution in [0.2, 0.25) is 0 Å². The summed E-state index contributed by atoms with van der Waals surface area (Å²) in [5, 5.41) is 0. The first-order valence-corrected chi connectivity index (χ1v) is 10.6.